The number of rotatable bonds is 9. The molecule has 0 fully saturated rings. The molecule has 0 saturated carbocycles. The molecule has 236 valence electrons. The lowest BCUT2D eigenvalue weighted by Gasteiger charge is -2.35. The van der Waals surface area contributed by atoms with Gasteiger partial charge < -0.3 is 29.2 Å². The number of benzene rings is 4. The first kappa shape index (κ1) is 30.6. The highest BCUT2D eigenvalue weighted by molar-refractivity contribution is 5.54. The van der Waals surface area contributed by atoms with Gasteiger partial charge in [-0.1, -0.05) is 18.2 Å². The summed E-state index contributed by atoms with van der Waals surface area (Å²) in [5.41, 5.74) is 7.07. The molecule has 0 amide bonds. The Kier molecular flexibility index (Phi) is 8.79. The highest BCUT2D eigenvalue weighted by atomic mass is 16.5. The van der Waals surface area contributed by atoms with Gasteiger partial charge in [0.2, 0.25) is 0 Å². The fraction of sp³-hybridized carbons (Fsp3) is 0.351. The molecule has 0 aliphatic carbocycles. The van der Waals surface area contributed by atoms with Crippen molar-refractivity contribution in [3.05, 3.63) is 100 Å². The van der Waals surface area contributed by atoms with E-state index in [9.17, 15) is 10.2 Å². The summed E-state index contributed by atoms with van der Waals surface area (Å²) in [6, 6.07) is 21.6. The zero-order valence-electron chi connectivity index (χ0n) is 26.7. The maximum atomic E-state index is 10.9. The lowest BCUT2D eigenvalue weighted by Crippen LogP contribution is -2.33. The Morgan fingerprint density at radius 2 is 1.09 bits per heavy atom. The van der Waals surface area contributed by atoms with Gasteiger partial charge in [-0.15, -0.1) is 0 Å². The van der Waals surface area contributed by atoms with Gasteiger partial charge in [0, 0.05) is 25.2 Å². The molecule has 8 heteroatoms. The van der Waals surface area contributed by atoms with Crippen molar-refractivity contribution in [2.45, 2.75) is 37.8 Å². The SMILES string of the molecule is COc1cc2c(cc1OC)[C@@H](Cc1ccc(O)c(Oc3cc4c(cc3OC)CCN(C)[C@@H]4Cc3ccc(O)cc3)c1)N(C)CC2. The van der Waals surface area contributed by atoms with E-state index in [1.54, 1.807) is 39.5 Å². The van der Waals surface area contributed by atoms with Crippen LogP contribution in [0.2, 0.25) is 0 Å². The minimum absolute atomic E-state index is 0.0695. The number of nitrogens with zero attached hydrogens (tertiary/aromatic N) is 2. The smallest absolute Gasteiger partial charge is 0.169 e. The Morgan fingerprint density at radius 3 is 1.67 bits per heavy atom. The minimum Gasteiger partial charge on any atom is -0.508 e. The Labute approximate surface area is 265 Å². The number of fused-ring (bicyclic) bond motifs is 2. The van der Waals surface area contributed by atoms with E-state index in [1.807, 2.05) is 24.3 Å². The van der Waals surface area contributed by atoms with Crippen LogP contribution in [-0.2, 0) is 25.7 Å². The quantitative estimate of drug-likeness (QED) is 0.224. The first-order valence-electron chi connectivity index (χ1n) is 15.4. The molecule has 2 heterocycles. The van der Waals surface area contributed by atoms with Crippen molar-refractivity contribution in [2.75, 3.05) is 48.5 Å². The Hall–Kier alpha value is -4.40. The monoisotopic (exact) mass is 610 g/mol. The fourth-order valence-electron chi connectivity index (χ4n) is 6.72. The van der Waals surface area contributed by atoms with E-state index < -0.39 is 0 Å². The molecule has 4 aromatic carbocycles. The molecule has 0 radical (unpaired) electrons. The van der Waals surface area contributed by atoms with Crippen LogP contribution >= 0.6 is 0 Å². The van der Waals surface area contributed by atoms with Crippen molar-refractivity contribution in [2.24, 2.45) is 0 Å². The van der Waals surface area contributed by atoms with Crippen LogP contribution in [0.25, 0.3) is 0 Å². The number of aromatic hydroxyl groups is 2. The van der Waals surface area contributed by atoms with E-state index >= 15 is 0 Å². The second-order valence-electron chi connectivity index (χ2n) is 12.1. The molecule has 0 bridgehead atoms. The second kappa shape index (κ2) is 12.9. The van der Waals surface area contributed by atoms with E-state index in [0.29, 0.717) is 17.2 Å². The summed E-state index contributed by atoms with van der Waals surface area (Å²) < 4.78 is 23.4. The third-order valence-electron chi connectivity index (χ3n) is 9.36. The standard InChI is InChI=1S/C37H42N2O6/c1-38-14-13-26-20-35(43-4)37(22-29(26)30(38)16-23-6-9-27(40)10-7-23)45-33-18-24(8-11-32(33)41)17-31-28-21-36(44-5)34(42-3)19-25(28)12-15-39(31)2/h6-11,18-22,30-31,40-41H,12-17H2,1-5H3/t30-,31-/m1/s1. The van der Waals surface area contributed by atoms with E-state index in [-0.39, 0.29) is 23.6 Å². The molecule has 2 aliphatic heterocycles. The Morgan fingerprint density at radius 1 is 0.600 bits per heavy atom. The first-order chi connectivity index (χ1) is 21.8. The lowest BCUT2D eigenvalue weighted by atomic mass is 9.88. The van der Waals surface area contributed by atoms with E-state index in [4.69, 9.17) is 18.9 Å². The number of hydrogen-bond donors (Lipinski definition) is 2. The third kappa shape index (κ3) is 6.26. The van der Waals surface area contributed by atoms with Crippen LogP contribution in [0.1, 0.15) is 45.5 Å². The van der Waals surface area contributed by atoms with Gasteiger partial charge in [-0.3, -0.25) is 9.80 Å². The lowest BCUT2D eigenvalue weighted by molar-refractivity contribution is 0.227. The number of phenolic OH excluding ortho intramolecular Hbond substituents is 2. The van der Waals surface area contributed by atoms with Gasteiger partial charge in [0.05, 0.1) is 21.3 Å². The maximum absolute atomic E-state index is 10.9. The summed E-state index contributed by atoms with van der Waals surface area (Å²) in [5.74, 6) is 3.38. The topological polar surface area (TPSA) is 83.9 Å². The Bertz CT molecular complexity index is 1670. The van der Waals surface area contributed by atoms with E-state index in [2.05, 4.69) is 48.2 Å². The van der Waals surface area contributed by atoms with Crippen LogP contribution in [0.3, 0.4) is 0 Å². The molecule has 2 atom stereocenters. The normalized spacial score (nSPS) is 18.2. The van der Waals surface area contributed by atoms with Crippen molar-refractivity contribution in [3.63, 3.8) is 0 Å². The van der Waals surface area contributed by atoms with Crippen LogP contribution in [0, 0.1) is 0 Å². The average molecular weight is 611 g/mol. The molecule has 0 unspecified atom stereocenters. The molecule has 8 nitrogen and oxygen atoms in total. The summed E-state index contributed by atoms with van der Waals surface area (Å²) >= 11 is 0. The van der Waals surface area contributed by atoms with Crippen LogP contribution < -0.4 is 18.9 Å². The average Bonchev–Trinajstić information content (AvgIpc) is 3.05. The summed E-state index contributed by atoms with van der Waals surface area (Å²) in [6.07, 6.45) is 3.37. The van der Waals surface area contributed by atoms with Crippen LogP contribution in [0.4, 0.5) is 0 Å². The summed E-state index contributed by atoms with van der Waals surface area (Å²) in [7, 11) is 9.26. The predicted molar refractivity (Wildman–Crippen MR) is 174 cm³/mol. The number of ether oxygens (including phenoxy) is 4. The van der Waals surface area contributed by atoms with Crippen molar-refractivity contribution in [1.82, 2.24) is 9.80 Å². The van der Waals surface area contributed by atoms with Crippen molar-refractivity contribution in [3.8, 4) is 40.2 Å². The molecule has 2 aliphatic rings. The second-order valence-corrected chi connectivity index (χ2v) is 12.1. The number of methoxy groups -OCH3 is 3. The molecular formula is C37H42N2O6. The molecule has 45 heavy (non-hydrogen) atoms. The zero-order valence-corrected chi connectivity index (χ0v) is 26.7. The van der Waals surface area contributed by atoms with Crippen LogP contribution in [-0.4, -0.2) is 68.5 Å². The van der Waals surface area contributed by atoms with Crippen LogP contribution in [0.5, 0.6) is 40.2 Å². The number of phenols is 2. The maximum Gasteiger partial charge on any atom is 0.169 e. The van der Waals surface area contributed by atoms with E-state index in [0.717, 1.165) is 61.4 Å². The molecule has 0 aromatic heterocycles. The van der Waals surface area contributed by atoms with Gasteiger partial charge in [0.1, 0.15) is 5.75 Å². The zero-order chi connectivity index (χ0) is 31.7. The molecule has 6 rings (SSSR count). The van der Waals surface area contributed by atoms with Gasteiger partial charge in [0.25, 0.3) is 0 Å². The Balaban J connectivity index is 1.30. The molecule has 0 saturated heterocycles. The molecule has 4 aromatic rings. The molecule has 2 N–H and O–H groups in total. The van der Waals surface area contributed by atoms with Crippen LogP contribution in [0.15, 0.2) is 66.7 Å². The largest absolute Gasteiger partial charge is 0.508 e. The van der Waals surface area contributed by atoms with Gasteiger partial charge in [-0.2, -0.15) is 0 Å². The van der Waals surface area contributed by atoms with Gasteiger partial charge in [-0.25, -0.2) is 0 Å². The highest BCUT2D eigenvalue weighted by Crippen LogP contribution is 2.44. The predicted octanol–water partition coefficient (Wildman–Crippen LogP) is 6.46. The summed E-state index contributed by atoms with van der Waals surface area (Å²) in [6.45, 7) is 1.86. The highest BCUT2D eigenvalue weighted by Gasteiger charge is 2.29. The molecular weight excluding hydrogens is 568 g/mol. The number of likely N-dealkylation sites (N-methyl/N-ethyl adjacent to an activating group) is 2. The van der Waals surface area contributed by atoms with Gasteiger partial charge >= 0.3 is 0 Å². The van der Waals surface area contributed by atoms with Gasteiger partial charge in [0.15, 0.2) is 34.5 Å². The summed E-state index contributed by atoms with van der Waals surface area (Å²) in [4.78, 5) is 4.71. The third-order valence-corrected chi connectivity index (χ3v) is 9.36. The fourth-order valence-corrected chi connectivity index (χ4v) is 6.72. The minimum atomic E-state index is 0.0695. The van der Waals surface area contributed by atoms with Gasteiger partial charge in [-0.05, 0) is 122 Å². The molecule has 0 spiro atoms. The van der Waals surface area contributed by atoms with Crippen molar-refractivity contribution >= 4 is 0 Å². The van der Waals surface area contributed by atoms with Crippen molar-refractivity contribution < 1.29 is 29.2 Å². The first-order valence-corrected chi connectivity index (χ1v) is 15.4. The van der Waals surface area contributed by atoms with E-state index in [1.165, 1.54) is 22.3 Å². The summed E-state index contributed by atoms with van der Waals surface area (Å²) in [5, 5.41) is 20.7. The number of hydrogen-bond acceptors (Lipinski definition) is 8. The van der Waals surface area contributed by atoms with Crippen molar-refractivity contribution in [1.29, 1.82) is 0 Å².